The van der Waals surface area contributed by atoms with Gasteiger partial charge in [0.05, 0.1) is 12.5 Å². The van der Waals surface area contributed by atoms with Crippen LogP contribution < -0.4 is 5.32 Å². The second-order valence-corrected chi connectivity index (χ2v) is 8.73. The zero-order chi connectivity index (χ0) is 20.5. The number of allylic oxidation sites excluding steroid dienone is 2. The van der Waals surface area contributed by atoms with E-state index in [-0.39, 0.29) is 35.5 Å². The van der Waals surface area contributed by atoms with Crippen LogP contribution in [0.1, 0.15) is 27.7 Å². The highest BCUT2D eigenvalue weighted by Gasteiger charge is 2.61. The van der Waals surface area contributed by atoms with Crippen molar-refractivity contribution in [3.05, 3.63) is 41.7 Å². The van der Waals surface area contributed by atoms with Crippen LogP contribution in [0.4, 0.5) is 10.1 Å². The molecule has 0 radical (unpaired) electrons. The first-order valence-electron chi connectivity index (χ1n) is 9.90. The van der Waals surface area contributed by atoms with Crippen molar-refractivity contribution in [1.82, 2.24) is 9.80 Å². The molecule has 1 aliphatic heterocycles. The quantitative estimate of drug-likeness (QED) is 0.790. The van der Waals surface area contributed by atoms with Crippen LogP contribution in [-0.4, -0.2) is 54.3 Å². The maximum absolute atomic E-state index is 12.9. The first kappa shape index (κ1) is 20.5. The lowest BCUT2D eigenvalue weighted by Crippen LogP contribution is -2.51. The molecule has 2 amide bonds. The van der Waals surface area contributed by atoms with Gasteiger partial charge in [-0.3, -0.25) is 14.5 Å². The summed E-state index contributed by atoms with van der Waals surface area (Å²) in [7, 11) is 0. The molecule has 1 saturated carbocycles. The molecule has 1 saturated heterocycles. The molecule has 2 unspecified atom stereocenters. The molecule has 1 heterocycles. The zero-order valence-electron chi connectivity index (χ0n) is 17.2. The van der Waals surface area contributed by atoms with Crippen LogP contribution in [0.15, 0.2) is 35.9 Å². The number of piperazine rings is 1. The number of benzene rings is 1. The van der Waals surface area contributed by atoms with Crippen molar-refractivity contribution < 1.29 is 14.0 Å². The van der Waals surface area contributed by atoms with Gasteiger partial charge in [0.2, 0.25) is 11.8 Å². The molecule has 3 rings (SSSR count). The van der Waals surface area contributed by atoms with E-state index in [2.05, 4.69) is 39.1 Å². The molecule has 6 heteroatoms. The Labute approximate surface area is 166 Å². The number of carbonyl (C=O) groups is 2. The van der Waals surface area contributed by atoms with Crippen LogP contribution in [0.2, 0.25) is 0 Å². The zero-order valence-corrected chi connectivity index (χ0v) is 17.2. The minimum absolute atomic E-state index is 0.0283. The SMILES string of the molecule is CC(C)=CC1C(C(=O)N2CCN(CC(=O)Nc3ccc(F)cc3)CC2)C1(C)C. The van der Waals surface area contributed by atoms with Gasteiger partial charge in [0.1, 0.15) is 5.82 Å². The predicted octanol–water partition coefficient (Wildman–Crippen LogP) is 3.15. The summed E-state index contributed by atoms with van der Waals surface area (Å²) in [5, 5.41) is 2.78. The molecule has 0 spiro atoms. The van der Waals surface area contributed by atoms with E-state index in [9.17, 15) is 14.0 Å². The first-order chi connectivity index (χ1) is 13.2. The third-order valence-corrected chi connectivity index (χ3v) is 5.87. The molecular weight excluding hydrogens is 357 g/mol. The molecule has 0 aromatic heterocycles. The number of carbonyl (C=O) groups excluding carboxylic acids is 2. The Hall–Kier alpha value is -2.21. The number of rotatable bonds is 5. The molecule has 0 bridgehead atoms. The number of hydrogen-bond acceptors (Lipinski definition) is 3. The normalized spacial score (nSPS) is 23.8. The third-order valence-electron chi connectivity index (χ3n) is 5.87. The molecule has 2 atom stereocenters. The summed E-state index contributed by atoms with van der Waals surface area (Å²) in [5.41, 5.74) is 1.87. The Kier molecular flexibility index (Phi) is 5.89. The lowest BCUT2D eigenvalue weighted by Gasteiger charge is -2.34. The minimum Gasteiger partial charge on any atom is -0.340 e. The molecule has 28 heavy (non-hydrogen) atoms. The summed E-state index contributed by atoms with van der Waals surface area (Å²) < 4.78 is 12.9. The number of halogens is 1. The first-order valence-corrected chi connectivity index (χ1v) is 9.90. The Morgan fingerprint density at radius 3 is 2.32 bits per heavy atom. The van der Waals surface area contributed by atoms with Gasteiger partial charge >= 0.3 is 0 Å². The van der Waals surface area contributed by atoms with Crippen molar-refractivity contribution in [2.75, 3.05) is 38.0 Å². The van der Waals surface area contributed by atoms with Crippen molar-refractivity contribution in [3.63, 3.8) is 0 Å². The van der Waals surface area contributed by atoms with Crippen LogP contribution in [0.25, 0.3) is 0 Å². The fraction of sp³-hybridized carbons (Fsp3) is 0.545. The average molecular weight is 387 g/mol. The Morgan fingerprint density at radius 1 is 1.14 bits per heavy atom. The Bertz CT molecular complexity index is 760. The van der Waals surface area contributed by atoms with Crippen LogP contribution in [0, 0.1) is 23.1 Å². The molecule has 152 valence electrons. The van der Waals surface area contributed by atoms with Gasteiger partial charge in [-0.05, 0) is 49.4 Å². The monoisotopic (exact) mass is 387 g/mol. The second kappa shape index (κ2) is 8.03. The van der Waals surface area contributed by atoms with Crippen molar-refractivity contribution in [2.24, 2.45) is 17.3 Å². The van der Waals surface area contributed by atoms with E-state index < -0.39 is 0 Å². The molecule has 5 nitrogen and oxygen atoms in total. The molecular formula is C22H30FN3O2. The van der Waals surface area contributed by atoms with Gasteiger partial charge in [0.25, 0.3) is 0 Å². The average Bonchev–Trinajstić information content (AvgIpc) is 3.16. The maximum atomic E-state index is 12.9. The third kappa shape index (κ3) is 4.61. The summed E-state index contributed by atoms with van der Waals surface area (Å²) in [6.07, 6.45) is 2.22. The smallest absolute Gasteiger partial charge is 0.238 e. The van der Waals surface area contributed by atoms with Gasteiger partial charge in [-0.2, -0.15) is 0 Å². The number of nitrogens with one attached hydrogen (secondary N) is 1. The van der Waals surface area contributed by atoms with Crippen molar-refractivity contribution in [1.29, 1.82) is 0 Å². The van der Waals surface area contributed by atoms with Gasteiger partial charge in [0, 0.05) is 31.9 Å². The van der Waals surface area contributed by atoms with Gasteiger partial charge in [-0.15, -0.1) is 0 Å². The van der Waals surface area contributed by atoms with Gasteiger partial charge in [-0.1, -0.05) is 25.5 Å². The van der Waals surface area contributed by atoms with E-state index in [4.69, 9.17) is 0 Å². The van der Waals surface area contributed by atoms with E-state index in [1.54, 1.807) is 12.1 Å². The topological polar surface area (TPSA) is 52.7 Å². The Balaban J connectivity index is 1.47. The highest BCUT2D eigenvalue weighted by atomic mass is 19.1. The standard InChI is InChI=1S/C22H30FN3O2/c1-15(2)13-18-20(22(18,3)4)21(28)26-11-9-25(10-12-26)14-19(27)24-17-7-5-16(23)6-8-17/h5-8,13,18,20H,9-12,14H2,1-4H3,(H,24,27). The van der Waals surface area contributed by atoms with Crippen molar-refractivity contribution >= 4 is 17.5 Å². The minimum atomic E-state index is -0.329. The largest absolute Gasteiger partial charge is 0.340 e. The molecule has 2 aliphatic rings. The van der Waals surface area contributed by atoms with Gasteiger partial charge in [-0.25, -0.2) is 4.39 Å². The van der Waals surface area contributed by atoms with Crippen molar-refractivity contribution in [3.8, 4) is 0 Å². The highest BCUT2D eigenvalue weighted by molar-refractivity contribution is 5.92. The molecule has 2 fully saturated rings. The van der Waals surface area contributed by atoms with E-state index in [1.165, 1.54) is 17.7 Å². The van der Waals surface area contributed by atoms with Gasteiger partial charge < -0.3 is 10.2 Å². The molecule has 1 aromatic carbocycles. The van der Waals surface area contributed by atoms with Crippen LogP contribution in [0.3, 0.4) is 0 Å². The fourth-order valence-corrected chi connectivity index (χ4v) is 4.08. The fourth-order valence-electron chi connectivity index (χ4n) is 4.08. The second-order valence-electron chi connectivity index (χ2n) is 8.73. The van der Waals surface area contributed by atoms with Crippen LogP contribution in [0.5, 0.6) is 0 Å². The summed E-state index contributed by atoms with van der Waals surface area (Å²) in [5.74, 6) is 0.172. The Morgan fingerprint density at radius 2 is 1.75 bits per heavy atom. The number of nitrogens with zero attached hydrogens (tertiary/aromatic N) is 2. The van der Waals surface area contributed by atoms with E-state index >= 15 is 0 Å². The lowest BCUT2D eigenvalue weighted by atomic mass is 10.1. The maximum Gasteiger partial charge on any atom is 0.238 e. The van der Waals surface area contributed by atoms with Crippen molar-refractivity contribution in [2.45, 2.75) is 27.7 Å². The number of anilines is 1. The predicted molar refractivity (Wildman–Crippen MR) is 108 cm³/mol. The van der Waals surface area contributed by atoms with E-state index in [0.29, 0.717) is 37.8 Å². The van der Waals surface area contributed by atoms with Gasteiger partial charge in [0.15, 0.2) is 0 Å². The highest BCUT2D eigenvalue weighted by Crippen LogP contribution is 2.60. The van der Waals surface area contributed by atoms with Crippen LogP contribution in [-0.2, 0) is 9.59 Å². The number of hydrogen-bond donors (Lipinski definition) is 1. The number of amides is 2. The summed E-state index contributed by atoms with van der Waals surface area (Å²) in [6, 6.07) is 5.73. The molecule has 1 N–H and O–H groups in total. The molecule has 1 aliphatic carbocycles. The lowest BCUT2D eigenvalue weighted by molar-refractivity contribution is -0.135. The van der Waals surface area contributed by atoms with Crippen LogP contribution >= 0.6 is 0 Å². The summed E-state index contributed by atoms with van der Waals surface area (Å²) in [4.78, 5) is 29.1. The summed E-state index contributed by atoms with van der Waals surface area (Å²) >= 11 is 0. The van der Waals surface area contributed by atoms with E-state index in [0.717, 1.165) is 0 Å². The molecule has 1 aromatic rings. The summed E-state index contributed by atoms with van der Waals surface area (Å²) in [6.45, 7) is 11.4. The van der Waals surface area contributed by atoms with E-state index in [1.807, 2.05) is 9.80 Å².